The first kappa shape index (κ1) is 12.6. The van der Waals surface area contributed by atoms with Crippen molar-refractivity contribution in [3.05, 3.63) is 53.8 Å². The van der Waals surface area contributed by atoms with Crippen LogP contribution in [0.4, 0.5) is 0 Å². The van der Waals surface area contributed by atoms with E-state index >= 15 is 0 Å². The van der Waals surface area contributed by atoms with Crippen LogP contribution in [0.2, 0.25) is 0 Å². The van der Waals surface area contributed by atoms with Gasteiger partial charge in [0.25, 0.3) is 0 Å². The molecule has 0 bridgehead atoms. The average Bonchev–Trinajstić information content (AvgIpc) is 2.33. The molecular formula is C15H20O. The van der Waals surface area contributed by atoms with Gasteiger partial charge in [-0.1, -0.05) is 43.3 Å². The number of ether oxygens (including phenoxy) is 1. The van der Waals surface area contributed by atoms with Crippen molar-refractivity contribution in [3.8, 4) is 0 Å². The molecule has 0 N–H and O–H groups in total. The second-order valence-electron chi connectivity index (χ2n) is 3.69. The van der Waals surface area contributed by atoms with Crippen molar-refractivity contribution in [2.24, 2.45) is 0 Å². The standard InChI is InChI=1S/C15H20O/c1-3-5-6-14-7-9-15(10-8-14)11-13-16-12-4-2/h3,5,7-11,13H,4,6,12H2,1-2H3. The molecule has 0 aliphatic carbocycles. The van der Waals surface area contributed by atoms with Gasteiger partial charge in [-0.2, -0.15) is 0 Å². The van der Waals surface area contributed by atoms with Gasteiger partial charge < -0.3 is 4.74 Å². The summed E-state index contributed by atoms with van der Waals surface area (Å²) in [5.41, 5.74) is 2.52. The zero-order valence-corrected chi connectivity index (χ0v) is 10.1. The van der Waals surface area contributed by atoms with Crippen LogP contribution in [-0.2, 0) is 11.2 Å². The van der Waals surface area contributed by atoms with Crippen LogP contribution in [0.1, 0.15) is 31.4 Å². The average molecular weight is 216 g/mol. The van der Waals surface area contributed by atoms with Gasteiger partial charge in [-0.15, -0.1) is 0 Å². The number of benzene rings is 1. The minimum atomic E-state index is 0.788. The Labute approximate surface area is 98.5 Å². The molecule has 0 aliphatic rings. The number of hydrogen-bond donors (Lipinski definition) is 0. The van der Waals surface area contributed by atoms with Crippen molar-refractivity contribution in [1.82, 2.24) is 0 Å². The van der Waals surface area contributed by atoms with Gasteiger partial charge >= 0.3 is 0 Å². The van der Waals surface area contributed by atoms with Crippen molar-refractivity contribution >= 4 is 6.08 Å². The van der Waals surface area contributed by atoms with E-state index in [-0.39, 0.29) is 0 Å². The third-order valence-electron chi connectivity index (χ3n) is 2.25. The summed E-state index contributed by atoms with van der Waals surface area (Å²) >= 11 is 0. The summed E-state index contributed by atoms with van der Waals surface area (Å²) in [5, 5.41) is 0. The predicted molar refractivity (Wildman–Crippen MR) is 70.2 cm³/mol. The normalized spacial score (nSPS) is 11.4. The van der Waals surface area contributed by atoms with E-state index < -0.39 is 0 Å². The van der Waals surface area contributed by atoms with E-state index in [0.717, 1.165) is 19.4 Å². The van der Waals surface area contributed by atoms with Gasteiger partial charge in [-0.05, 0) is 37.0 Å². The summed E-state index contributed by atoms with van der Waals surface area (Å²) < 4.78 is 5.29. The van der Waals surface area contributed by atoms with Crippen molar-refractivity contribution in [3.63, 3.8) is 0 Å². The van der Waals surface area contributed by atoms with Crippen molar-refractivity contribution in [1.29, 1.82) is 0 Å². The first-order chi connectivity index (χ1) is 7.86. The molecule has 0 spiro atoms. The molecule has 16 heavy (non-hydrogen) atoms. The monoisotopic (exact) mass is 216 g/mol. The van der Waals surface area contributed by atoms with Crippen LogP contribution >= 0.6 is 0 Å². The fourth-order valence-corrected chi connectivity index (χ4v) is 1.33. The van der Waals surface area contributed by atoms with Gasteiger partial charge in [-0.25, -0.2) is 0 Å². The lowest BCUT2D eigenvalue weighted by atomic mass is 10.1. The molecule has 0 fully saturated rings. The third-order valence-corrected chi connectivity index (χ3v) is 2.25. The van der Waals surface area contributed by atoms with Crippen LogP contribution in [0, 0.1) is 0 Å². The fourth-order valence-electron chi connectivity index (χ4n) is 1.33. The van der Waals surface area contributed by atoms with Crippen LogP contribution in [0.3, 0.4) is 0 Å². The molecule has 0 saturated heterocycles. The maximum Gasteiger partial charge on any atom is 0.0870 e. The number of allylic oxidation sites excluding steroid dienone is 2. The van der Waals surface area contributed by atoms with E-state index in [1.165, 1.54) is 11.1 Å². The zero-order valence-electron chi connectivity index (χ0n) is 10.1. The molecule has 1 nitrogen and oxygen atoms in total. The van der Waals surface area contributed by atoms with Gasteiger partial charge in [0.2, 0.25) is 0 Å². The van der Waals surface area contributed by atoms with Gasteiger partial charge in [0.1, 0.15) is 0 Å². The summed E-state index contributed by atoms with van der Waals surface area (Å²) in [4.78, 5) is 0. The first-order valence-corrected chi connectivity index (χ1v) is 5.85. The number of hydrogen-bond acceptors (Lipinski definition) is 1. The Morgan fingerprint density at radius 1 is 1.19 bits per heavy atom. The highest BCUT2D eigenvalue weighted by molar-refractivity contribution is 5.48. The summed E-state index contributed by atoms with van der Waals surface area (Å²) in [6.07, 6.45) is 10.1. The molecule has 0 heterocycles. The summed E-state index contributed by atoms with van der Waals surface area (Å²) in [6.45, 7) is 4.93. The molecule has 0 unspecified atom stereocenters. The molecule has 1 heteroatoms. The Kier molecular flexibility index (Phi) is 6.09. The first-order valence-electron chi connectivity index (χ1n) is 5.85. The molecule has 0 aliphatic heterocycles. The summed E-state index contributed by atoms with van der Waals surface area (Å²) in [6, 6.07) is 8.54. The van der Waals surface area contributed by atoms with E-state index in [1.807, 2.05) is 13.0 Å². The van der Waals surface area contributed by atoms with Crippen LogP contribution in [0.15, 0.2) is 42.7 Å². The zero-order chi connectivity index (χ0) is 11.6. The lowest BCUT2D eigenvalue weighted by Gasteiger charge is -1.99. The van der Waals surface area contributed by atoms with Gasteiger partial charge in [-0.3, -0.25) is 0 Å². The lowest BCUT2D eigenvalue weighted by molar-refractivity contribution is 0.252. The quantitative estimate of drug-likeness (QED) is 0.393. The number of rotatable bonds is 6. The second kappa shape index (κ2) is 7.75. The lowest BCUT2D eigenvalue weighted by Crippen LogP contribution is -1.83. The van der Waals surface area contributed by atoms with E-state index in [0.29, 0.717) is 0 Å². The second-order valence-corrected chi connectivity index (χ2v) is 3.69. The summed E-state index contributed by atoms with van der Waals surface area (Å²) in [5.74, 6) is 0. The molecule has 0 aromatic heterocycles. The molecule has 0 atom stereocenters. The Balaban J connectivity index is 2.47. The maximum absolute atomic E-state index is 5.29. The van der Waals surface area contributed by atoms with Crippen LogP contribution in [0.5, 0.6) is 0 Å². The highest BCUT2D eigenvalue weighted by Gasteiger charge is 1.89. The van der Waals surface area contributed by atoms with Crippen LogP contribution < -0.4 is 0 Å². The molecule has 0 amide bonds. The van der Waals surface area contributed by atoms with E-state index in [9.17, 15) is 0 Å². The van der Waals surface area contributed by atoms with E-state index in [2.05, 4.69) is 43.3 Å². The molecule has 0 saturated carbocycles. The van der Waals surface area contributed by atoms with Crippen molar-refractivity contribution < 1.29 is 4.74 Å². The molecule has 1 aromatic rings. The highest BCUT2D eigenvalue weighted by atomic mass is 16.5. The fraction of sp³-hybridized carbons (Fsp3) is 0.333. The molecule has 1 aromatic carbocycles. The minimum absolute atomic E-state index is 0.788. The van der Waals surface area contributed by atoms with Crippen LogP contribution in [-0.4, -0.2) is 6.61 Å². The van der Waals surface area contributed by atoms with Crippen LogP contribution in [0.25, 0.3) is 6.08 Å². The summed E-state index contributed by atoms with van der Waals surface area (Å²) in [7, 11) is 0. The Bertz CT molecular complexity index is 333. The van der Waals surface area contributed by atoms with Crippen molar-refractivity contribution in [2.75, 3.05) is 6.61 Å². The SMILES string of the molecule is CC=CCc1ccc(C=COCCC)cc1. The van der Waals surface area contributed by atoms with Gasteiger partial charge in [0, 0.05) is 0 Å². The van der Waals surface area contributed by atoms with E-state index in [4.69, 9.17) is 4.74 Å². The molecule has 0 radical (unpaired) electrons. The highest BCUT2D eigenvalue weighted by Crippen LogP contribution is 2.07. The Morgan fingerprint density at radius 2 is 1.94 bits per heavy atom. The topological polar surface area (TPSA) is 9.23 Å². The molecular weight excluding hydrogens is 196 g/mol. The van der Waals surface area contributed by atoms with Gasteiger partial charge in [0.15, 0.2) is 0 Å². The molecule has 1 rings (SSSR count). The Hall–Kier alpha value is -1.50. The maximum atomic E-state index is 5.29. The predicted octanol–water partition coefficient (Wildman–Crippen LogP) is 4.20. The largest absolute Gasteiger partial charge is 0.501 e. The van der Waals surface area contributed by atoms with Crippen molar-refractivity contribution in [2.45, 2.75) is 26.7 Å². The van der Waals surface area contributed by atoms with Gasteiger partial charge in [0.05, 0.1) is 12.9 Å². The minimum Gasteiger partial charge on any atom is -0.501 e. The third kappa shape index (κ3) is 4.83. The smallest absolute Gasteiger partial charge is 0.0870 e. The Morgan fingerprint density at radius 3 is 2.56 bits per heavy atom. The molecule has 86 valence electrons. The van der Waals surface area contributed by atoms with E-state index in [1.54, 1.807) is 6.26 Å².